The highest BCUT2D eigenvalue weighted by molar-refractivity contribution is 5.85. The van der Waals surface area contributed by atoms with Crippen molar-refractivity contribution in [3.05, 3.63) is 35.6 Å². The van der Waals surface area contributed by atoms with E-state index in [0.717, 1.165) is 31.4 Å². The number of rotatable bonds is 4. The molecule has 0 bridgehead atoms. The number of piperidine rings is 1. The van der Waals surface area contributed by atoms with Crippen LogP contribution < -0.4 is 5.32 Å². The van der Waals surface area contributed by atoms with E-state index in [4.69, 9.17) is 0 Å². The Kier molecular flexibility index (Phi) is 6.96. The molecular weight excluding hydrogens is 279 g/mol. The van der Waals surface area contributed by atoms with Crippen molar-refractivity contribution in [1.29, 1.82) is 0 Å². The molecule has 3 nitrogen and oxygen atoms in total. The van der Waals surface area contributed by atoms with Crippen LogP contribution in [0.25, 0.3) is 0 Å². The van der Waals surface area contributed by atoms with Crippen LogP contribution in [0.2, 0.25) is 0 Å². The van der Waals surface area contributed by atoms with Gasteiger partial charge in [0.2, 0.25) is 5.91 Å². The molecule has 1 aliphatic heterocycles. The Balaban J connectivity index is 0.00000200. The van der Waals surface area contributed by atoms with E-state index in [1.807, 2.05) is 13.0 Å². The standard InChI is InChI=1S/C15H21FN2O.ClH/c1-2-18(11-12-6-5-7-13(16)10-12)15(19)14-8-3-4-9-17-14;/h5-7,10,14,17H,2-4,8-9,11H2,1H3;1H/t14-;/m0./s1. The molecule has 112 valence electrons. The van der Waals surface area contributed by atoms with E-state index in [-0.39, 0.29) is 30.2 Å². The largest absolute Gasteiger partial charge is 0.337 e. The summed E-state index contributed by atoms with van der Waals surface area (Å²) in [4.78, 5) is 14.2. The SMILES string of the molecule is CCN(Cc1cccc(F)c1)C(=O)[C@@H]1CCCCN1.Cl. The highest BCUT2D eigenvalue weighted by atomic mass is 35.5. The first-order chi connectivity index (χ1) is 9.20. The molecule has 1 aliphatic rings. The maximum Gasteiger partial charge on any atom is 0.239 e. The molecule has 0 aliphatic carbocycles. The van der Waals surface area contributed by atoms with Crippen LogP contribution >= 0.6 is 12.4 Å². The van der Waals surface area contributed by atoms with Crippen LogP contribution in [0, 0.1) is 5.82 Å². The molecule has 1 N–H and O–H groups in total. The van der Waals surface area contributed by atoms with Crippen LogP contribution in [-0.2, 0) is 11.3 Å². The normalized spacial score (nSPS) is 18.2. The van der Waals surface area contributed by atoms with Crippen molar-refractivity contribution in [2.24, 2.45) is 0 Å². The predicted octanol–water partition coefficient (Wildman–Crippen LogP) is 2.74. The molecule has 1 heterocycles. The van der Waals surface area contributed by atoms with Crippen LogP contribution in [0.5, 0.6) is 0 Å². The Morgan fingerprint density at radius 2 is 2.25 bits per heavy atom. The van der Waals surface area contributed by atoms with Gasteiger partial charge in [0.1, 0.15) is 5.82 Å². The number of carbonyl (C=O) groups excluding carboxylic acids is 1. The van der Waals surface area contributed by atoms with E-state index in [2.05, 4.69) is 5.32 Å². The second-order valence-electron chi connectivity index (χ2n) is 4.98. The van der Waals surface area contributed by atoms with Crippen molar-refractivity contribution in [2.75, 3.05) is 13.1 Å². The van der Waals surface area contributed by atoms with Crippen molar-refractivity contribution < 1.29 is 9.18 Å². The molecule has 0 saturated carbocycles. The lowest BCUT2D eigenvalue weighted by atomic mass is 10.0. The Morgan fingerprint density at radius 1 is 1.45 bits per heavy atom. The fourth-order valence-corrected chi connectivity index (χ4v) is 2.48. The number of nitrogens with zero attached hydrogens (tertiary/aromatic N) is 1. The van der Waals surface area contributed by atoms with Gasteiger partial charge in [-0.2, -0.15) is 0 Å². The summed E-state index contributed by atoms with van der Waals surface area (Å²) >= 11 is 0. The Labute approximate surface area is 125 Å². The zero-order chi connectivity index (χ0) is 13.7. The molecule has 2 rings (SSSR count). The van der Waals surface area contributed by atoms with Crippen LogP contribution in [0.4, 0.5) is 4.39 Å². The molecule has 0 radical (unpaired) electrons. The van der Waals surface area contributed by atoms with Gasteiger partial charge >= 0.3 is 0 Å². The summed E-state index contributed by atoms with van der Waals surface area (Å²) in [6.45, 7) is 3.99. The van der Waals surface area contributed by atoms with E-state index in [0.29, 0.717) is 13.1 Å². The second kappa shape index (κ2) is 8.22. The van der Waals surface area contributed by atoms with Gasteiger partial charge < -0.3 is 10.2 Å². The zero-order valence-electron chi connectivity index (χ0n) is 11.8. The van der Waals surface area contributed by atoms with Crippen LogP contribution in [0.15, 0.2) is 24.3 Å². The summed E-state index contributed by atoms with van der Waals surface area (Å²) in [6.07, 6.45) is 3.14. The average molecular weight is 301 g/mol. The number of halogens is 2. The first-order valence-corrected chi connectivity index (χ1v) is 6.97. The molecule has 1 aromatic rings. The lowest BCUT2D eigenvalue weighted by Gasteiger charge is -2.29. The van der Waals surface area contributed by atoms with Gasteiger partial charge in [0, 0.05) is 13.1 Å². The Morgan fingerprint density at radius 3 is 2.85 bits per heavy atom. The first-order valence-electron chi connectivity index (χ1n) is 6.97. The van der Waals surface area contributed by atoms with E-state index < -0.39 is 0 Å². The van der Waals surface area contributed by atoms with Crippen molar-refractivity contribution in [2.45, 2.75) is 38.8 Å². The van der Waals surface area contributed by atoms with Crippen molar-refractivity contribution >= 4 is 18.3 Å². The van der Waals surface area contributed by atoms with Gasteiger partial charge in [0.05, 0.1) is 6.04 Å². The van der Waals surface area contributed by atoms with Crippen molar-refractivity contribution in [3.63, 3.8) is 0 Å². The minimum Gasteiger partial charge on any atom is -0.337 e. The predicted molar refractivity (Wildman–Crippen MR) is 80.4 cm³/mol. The zero-order valence-corrected chi connectivity index (χ0v) is 12.6. The second-order valence-corrected chi connectivity index (χ2v) is 4.98. The lowest BCUT2D eigenvalue weighted by Crippen LogP contribution is -2.48. The summed E-state index contributed by atoms with van der Waals surface area (Å²) in [6, 6.07) is 6.38. The van der Waals surface area contributed by atoms with E-state index >= 15 is 0 Å². The maximum atomic E-state index is 13.2. The topological polar surface area (TPSA) is 32.3 Å². The molecule has 0 aromatic heterocycles. The quantitative estimate of drug-likeness (QED) is 0.927. The van der Waals surface area contributed by atoms with Gasteiger partial charge in [-0.15, -0.1) is 12.4 Å². The van der Waals surface area contributed by atoms with E-state index in [1.54, 1.807) is 11.0 Å². The number of carbonyl (C=O) groups is 1. The number of amides is 1. The summed E-state index contributed by atoms with van der Waals surface area (Å²) in [7, 11) is 0. The number of likely N-dealkylation sites (N-methyl/N-ethyl adjacent to an activating group) is 1. The van der Waals surface area contributed by atoms with Crippen LogP contribution in [-0.4, -0.2) is 29.9 Å². The minimum absolute atomic E-state index is 0. The van der Waals surface area contributed by atoms with Gasteiger partial charge in [-0.1, -0.05) is 18.6 Å². The van der Waals surface area contributed by atoms with Crippen molar-refractivity contribution in [3.8, 4) is 0 Å². The molecule has 1 atom stereocenters. The minimum atomic E-state index is -0.253. The Hall–Kier alpha value is -1.13. The van der Waals surface area contributed by atoms with Crippen molar-refractivity contribution in [1.82, 2.24) is 10.2 Å². The number of hydrogen-bond acceptors (Lipinski definition) is 2. The third-order valence-electron chi connectivity index (χ3n) is 3.56. The summed E-state index contributed by atoms with van der Waals surface area (Å²) < 4.78 is 13.2. The fraction of sp³-hybridized carbons (Fsp3) is 0.533. The number of nitrogens with one attached hydrogen (secondary N) is 1. The molecule has 0 unspecified atom stereocenters. The summed E-state index contributed by atoms with van der Waals surface area (Å²) in [5.41, 5.74) is 0.839. The Bertz CT molecular complexity index is 436. The molecule has 5 heteroatoms. The molecule has 1 saturated heterocycles. The third-order valence-corrected chi connectivity index (χ3v) is 3.56. The smallest absolute Gasteiger partial charge is 0.239 e. The van der Waals surface area contributed by atoms with Gasteiger partial charge in [0.15, 0.2) is 0 Å². The molecular formula is C15H22ClFN2O. The van der Waals surface area contributed by atoms with Gasteiger partial charge in [-0.05, 0) is 44.0 Å². The monoisotopic (exact) mass is 300 g/mol. The summed E-state index contributed by atoms with van der Waals surface area (Å²) in [5.74, 6) is -0.122. The molecule has 1 aromatic carbocycles. The van der Waals surface area contributed by atoms with Crippen LogP contribution in [0.1, 0.15) is 31.7 Å². The average Bonchev–Trinajstić information content (AvgIpc) is 2.45. The highest BCUT2D eigenvalue weighted by Crippen LogP contribution is 2.13. The van der Waals surface area contributed by atoms with Gasteiger partial charge in [0.25, 0.3) is 0 Å². The third kappa shape index (κ3) is 4.46. The highest BCUT2D eigenvalue weighted by Gasteiger charge is 2.24. The summed E-state index contributed by atoms with van der Waals surface area (Å²) in [5, 5.41) is 3.27. The fourth-order valence-electron chi connectivity index (χ4n) is 2.48. The van der Waals surface area contributed by atoms with Gasteiger partial charge in [-0.25, -0.2) is 4.39 Å². The first kappa shape index (κ1) is 16.9. The molecule has 0 spiro atoms. The molecule has 1 fully saturated rings. The number of benzene rings is 1. The molecule has 1 amide bonds. The number of hydrogen-bond donors (Lipinski definition) is 1. The maximum absolute atomic E-state index is 13.2. The van der Waals surface area contributed by atoms with E-state index in [1.165, 1.54) is 12.1 Å². The van der Waals surface area contributed by atoms with E-state index in [9.17, 15) is 9.18 Å². The van der Waals surface area contributed by atoms with Crippen LogP contribution in [0.3, 0.4) is 0 Å². The molecule has 20 heavy (non-hydrogen) atoms. The van der Waals surface area contributed by atoms with Gasteiger partial charge in [-0.3, -0.25) is 4.79 Å². The lowest BCUT2D eigenvalue weighted by molar-refractivity contribution is -0.134.